The van der Waals surface area contributed by atoms with Gasteiger partial charge in [-0.2, -0.15) is 0 Å². The van der Waals surface area contributed by atoms with Crippen molar-refractivity contribution in [2.24, 2.45) is 5.41 Å². The predicted molar refractivity (Wildman–Crippen MR) is 85.6 cm³/mol. The van der Waals surface area contributed by atoms with Gasteiger partial charge in [-0.3, -0.25) is 4.79 Å². The fourth-order valence-corrected chi connectivity index (χ4v) is 3.45. The highest BCUT2D eigenvalue weighted by atomic mass is 35.5. The summed E-state index contributed by atoms with van der Waals surface area (Å²) in [5, 5.41) is 3.50. The van der Waals surface area contributed by atoms with Gasteiger partial charge in [0.2, 0.25) is 5.91 Å². The number of nitrogens with zero attached hydrogens (tertiary/aromatic N) is 1. The number of methoxy groups -OCH3 is 1. The first-order chi connectivity index (χ1) is 10.6. The zero-order valence-electron chi connectivity index (χ0n) is 12.7. The lowest BCUT2D eigenvalue weighted by atomic mass is 9.83. The van der Waals surface area contributed by atoms with E-state index in [4.69, 9.17) is 21.1 Å². The van der Waals surface area contributed by atoms with Crippen LogP contribution >= 0.6 is 11.6 Å². The van der Waals surface area contributed by atoms with Crippen LogP contribution in [-0.4, -0.2) is 50.8 Å². The maximum atomic E-state index is 12.6. The van der Waals surface area contributed by atoms with Crippen LogP contribution in [0, 0.1) is 5.41 Å². The first-order valence-corrected chi connectivity index (χ1v) is 7.96. The molecule has 5 nitrogen and oxygen atoms in total. The lowest BCUT2D eigenvalue weighted by molar-refractivity contribution is -0.124. The zero-order chi connectivity index (χ0) is 15.6. The molecule has 0 atom stereocenters. The number of ether oxygens (including phenoxy) is 2. The molecule has 0 aliphatic carbocycles. The van der Waals surface area contributed by atoms with Gasteiger partial charge in [-0.05, 0) is 44.1 Å². The Morgan fingerprint density at radius 1 is 1.36 bits per heavy atom. The SMILES string of the molecule is COCCOc1ccc(NC(=O)C23CCN(CC2)C3)cc1Cl. The van der Waals surface area contributed by atoms with Gasteiger partial charge in [-0.25, -0.2) is 0 Å². The maximum Gasteiger partial charge on any atom is 0.231 e. The molecule has 0 aromatic heterocycles. The molecule has 6 heteroatoms. The Bertz CT molecular complexity index is 556. The number of carbonyl (C=O) groups excluding carboxylic acids is 1. The number of nitrogens with one attached hydrogen (secondary N) is 1. The number of hydrogen-bond donors (Lipinski definition) is 1. The lowest BCUT2D eigenvalue weighted by Gasteiger charge is -2.24. The van der Waals surface area contributed by atoms with Gasteiger partial charge in [0.15, 0.2) is 0 Å². The van der Waals surface area contributed by atoms with Gasteiger partial charge in [0.05, 0.1) is 17.0 Å². The molecule has 0 saturated carbocycles. The average Bonchev–Trinajstić information content (AvgIpc) is 3.12. The van der Waals surface area contributed by atoms with Crippen molar-refractivity contribution in [3.05, 3.63) is 23.2 Å². The first kappa shape index (κ1) is 15.6. The van der Waals surface area contributed by atoms with Gasteiger partial charge in [-0.15, -0.1) is 0 Å². The molecule has 2 aliphatic heterocycles. The number of halogens is 1. The van der Waals surface area contributed by atoms with E-state index in [9.17, 15) is 4.79 Å². The summed E-state index contributed by atoms with van der Waals surface area (Å²) < 4.78 is 10.4. The molecule has 1 amide bonds. The van der Waals surface area contributed by atoms with Gasteiger partial charge in [0.25, 0.3) is 0 Å². The summed E-state index contributed by atoms with van der Waals surface area (Å²) in [4.78, 5) is 14.9. The topological polar surface area (TPSA) is 50.8 Å². The Hall–Kier alpha value is -1.30. The van der Waals surface area contributed by atoms with Crippen LogP contribution in [0.25, 0.3) is 0 Å². The highest BCUT2D eigenvalue weighted by Crippen LogP contribution is 2.41. The second kappa shape index (κ2) is 6.44. The summed E-state index contributed by atoms with van der Waals surface area (Å²) in [7, 11) is 1.62. The Morgan fingerprint density at radius 2 is 2.14 bits per heavy atom. The number of carbonyl (C=O) groups is 1. The van der Waals surface area contributed by atoms with Gasteiger partial charge in [0.1, 0.15) is 12.4 Å². The van der Waals surface area contributed by atoms with E-state index in [0.29, 0.717) is 29.7 Å². The third-order valence-corrected chi connectivity index (χ3v) is 4.85. The third kappa shape index (κ3) is 3.07. The first-order valence-electron chi connectivity index (χ1n) is 7.58. The molecule has 2 aliphatic rings. The van der Waals surface area contributed by atoms with Crippen molar-refractivity contribution in [2.45, 2.75) is 12.8 Å². The molecule has 0 radical (unpaired) electrons. The van der Waals surface area contributed by atoms with Crippen LogP contribution in [0.2, 0.25) is 5.02 Å². The zero-order valence-corrected chi connectivity index (χ0v) is 13.5. The fourth-order valence-electron chi connectivity index (χ4n) is 3.22. The van der Waals surface area contributed by atoms with E-state index in [0.717, 1.165) is 32.5 Å². The van der Waals surface area contributed by atoms with Crippen LogP contribution in [0.15, 0.2) is 18.2 Å². The minimum atomic E-state index is -0.208. The minimum absolute atomic E-state index is 0.108. The molecule has 0 spiro atoms. The number of amides is 1. The molecule has 1 aromatic carbocycles. The van der Waals surface area contributed by atoms with E-state index in [1.807, 2.05) is 6.07 Å². The van der Waals surface area contributed by atoms with Crippen molar-refractivity contribution in [1.29, 1.82) is 0 Å². The molecule has 1 aromatic rings. The average molecular weight is 325 g/mol. The van der Waals surface area contributed by atoms with Crippen LogP contribution < -0.4 is 10.1 Å². The van der Waals surface area contributed by atoms with Crippen LogP contribution in [-0.2, 0) is 9.53 Å². The monoisotopic (exact) mass is 324 g/mol. The van der Waals surface area contributed by atoms with Crippen molar-refractivity contribution >= 4 is 23.2 Å². The minimum Gasteiger partial charge on any atom is -0.490 e. The molecule has 3 rings (SSSR count). The molecule has 0 unspecified atom stereocenters. The summed E-state index contributed by atoms with van der Waals surface area (Å²) in [6, 6.07) is 5.34. The van der Waals surface area contributed by atoms with Gasteiger partial charge < -0.3 is 19.7 Å². The molecule has 2 saturated heterocycles. The molecular formula is C16H21ClN2O3. The van der Waals surface area contributed by atoms with Crippen LogP contribution in [0.3, 0.4) is 0 Å². The van der Waals surface area contributed by atoms with Crippen molar-refractivity contribution in [3.63, 3.8) is 0 Å². The number of piperidine rings is 1. The Morgan fingerprint density at radius 3 is 2.73 bits per heavy atom. The standard InChI is InChI=1S/C16H21ClN2O3/c1-21-8-9-22-14-3-2-12(10-13(14)17)18-15(20)16-4-6-19(11-16)7-5-16/h2-3,10H,4-9,11H2,1H3,(H,18,20). The summed E-state index contributed by atoms with van der Waals surface area (Å²) in [6.07, 6.45) is 1.90. The van der Waals surface area contributed by atoms with Gasteiger partial charge in [0, 0.05) is 19.3 Å². The molecule has 1 N–H and O–H groups in total. The van der Waals surface area contributed by atoms with Gasteiger partial charge in [-0.1, -0.05) is 11.6 Å². The molecule has 2 bridgehead atoms. The van der Waals surface area contributed by atoms with Gasteiger partial charge >= 0.3 is 0 Å². The van der Waals surface area contributed by atoms with Crippen molar-refractivity contribution in [1.82, 2.24) is 4.90 Å². The Labute approximate surface area is 135 Å². The largest absolute Gasteiger partial charge is 0.490 e. The molecule has 2 heterocycles. The van der Waals surface area contributed by atoms with E-state index in [1.54, 1.807) is 19.2 Å². The second-order valence-electron chi connectivity index (χ2n) is 6.00. The fraction of sp³-hybridized carbons (Fsp3) is 0.562. The highest BCUT2D eigenvalue weighted by molar-refractivity contribution is 6.32. The molecule has 2 fully saturated rings. The summed E-state index contributed by atoms with van der Waals surface area (Å²) in [5.41, 5.74) is 0.508. The Kier molecular flexibility index (Phi) is 4.57. The normalized spacial score (nSPS) is 26.2. The van der Waals surface area contributed by atoms with Crippen molar-refractivity contribution in [2.75, 3.05) is 45.3 Å². The van der Waals surface area contributed by atoms with Crippen molar-refractivity contribution in [3.8, 4) is 5.75 Å². The maximum absolute atomic E-state index is 12.6. The quantitative estimate of drug-likeness (QED) is 0.816. The summed E-state index contributed by atoms with van der Waals surface area (Å²) in [5.74, 6) is 0.708. The molecular weight excluding hydrogens is 304 g/mol. The van der Waals surface area contributed by atoms with E-state index in [1.165, 1.54) is 0 Å². The van der Waals surface area contributed by atoms with Crippen molar-refractivity contribution < 1.29 is 14.3 Å². The number of hydrogen-bond acceptors (Lipinski definition) is 4. The predicted octanol–water partition coefficient (Wildman–Crippen LogP) is 2.40. The van der Waals surface area contributed by atoms with Crippen LogP contribution in [0.4, 0.5) is 5.69 Å². The number of benzene rings is 1. The van der Waals surface area contributed by atoms with E-state index in [-0.39, 0.29) is 11.3 Å². The second-order valence-corrected chi connectivity index (χ2v) is 6.40. The number of fused-ring (bicyclic) bond motifs is 2. The van der Waals surface area contributed by atoms with E-state index in [2.05, 4.69) is 10.2 Å². The Balaban J connectivity index is 1.63. The number of rotatable bonds is 6. The summed E-state index contributed by atoms with van der Waals surface area (Å²) >= 11 is 6.20. The molecule has 22 heavy (non-hydrogen) atoms. The van der Waals surface area contributed by atoms with E-state index >= 15 is 0 Å². The summed E-state index contributed by atoms with van der Waals surface area (Å²) in [6.45, 7) is 3.89. The lowest BCUT2D eigenvalue weighted by Crippen LogP contribution is -2.35. The van der Waals surface area contributed by atoms with Crippen LogP contribution in [0.1, 0.15) is 12.8 Å². The van der Waals surface area contributed by atoms with E-state index < -0.39 is 0 Å². The highest BCUT2D eigenvalue weighted by Gasteiger charge is 2.49. The van der Waals surface area contributed by atoms with Crippen LogP contribution in [0.5, 0.6) is 5.75 Å². The third-order valence-electron chi connectivity index (χ3n) is 4.56. The number of anilines is 1. The smallest absolute Gasteiger partial charge is 0.231 e. The molecule has 120 valence electrons.